The predicted octanol–water partition coefficient (Wildman–Crippen LogP) is 1.93. The van der Waals surface area contributed by atoms with Crippen LogP contribution < -0.4 is 10.9 Å². The number of nitrogens with zero attached hydrogens (tertiary/aromatic N) is 3. The maximum atomic E-state index is 12.3. The van der Waals surface area contributed by atoms with Crippen LogP contribution in [0.1, 0.15) is 18.9 Å². The lowest BCUT2D eigenvalue weighted by Crippen LogP contribution is -2.38. The summed E-state index contributed by atoms with van der Waals surface area (Å²) in [6.07, 6.45) is 1.71. The normalized spacial score (nSPS) is 12.0. The van der Waals surface area contributed by atoms with Crippen LogP contribution in [-0.2, 0) is 17.8 Å². The molecule has 1 aromatic heterocycles. The van der Waals surface area contributed by atoms with Gasteiger partial charge in [-0.25, -0.2) is 4.68 Å². The molecule has 0 aliphatic carbocycles. The minimum absolute atomic E-state index is 0.0109. The lowest BCUT2D eigenvalue weighted by molar-refractivity contribution is -0.122. The molecule has 0 radical (unpaired) electrons. The van der Waals surface area contributed by atoms with Gasteiger partial charge >= 0.3 is 0 Å². The Morgan fingerprint density at radius 1 is 1.12 bits per heavy atom. The standard InChI is InChI=1S/C19H20N4O2/c1-14(11-12-15-7-3-2-4-8-15)20-18(24)13-23-19(25)16-9-5-6-10-17(16)21-22-23/h2-10,14H,11-13H2,1H3,(H,20,24)/t14-/m1/s1. The van der Waals surface area contributed by atoms with Crippen molar-refractivity contribution in [2.24, 2.45) is 0 Å². The number of aromatic nitrogens is 3. The van der Waals surface area contributed by atoms with E-state index in [9.17, 15) is 9.59 Å². The van der Waals surface area contributed by atoms with Crippen LogP contribution in [0.25, 0.3) is 10.9 Å². The first-order valence-corrected chi connectivity index (χ1v) is 8.29. The molecule has 1 amide bonds. The van der Waals surface area contributed by atoms with Crippen molar-refractivity contribution in [2.75, 3.05) is 0 Å². The topological polar surface area (TPSA) is 76.9 Å². The van der Waals surface area contributed by atoms with Gasteiger partial charge < -0.3 is 5.32 Å². The Bertz CT molecular complexity index is 921. The molecule has 0 fully saturated rings. The Kier molecular flexibility index (Phi) is 5.18. The zero-order chi connectivity index (χ0) is 17.6. The molecule has 0 unspecified atom stereocenters. The van der Waals surface area contributed by atoms with Gasteiger partial charge in [-0.1, -0.05) is 47.7 Å². The first kappa shape index (κ1) is 16.8. The van der Waals surface area contributed by atoms with Crippen LogP contribution in [0.5, 0.6) is 0 Å². The molecule has 0 spiro atoms. The average Bonchev–Trinajstić information content (AvgIpc) is 2.63. The number of rotatable bonds is 6. The number of amides is 1. The van der Waals surface area contributed by atoms with Gasteiger partial charge in [0.25, 0.3) is 5.56 Å². The molecule has 2 aromatic carbocycles. The highest BCUT2D eigenvalue weighted by Gasteiger charge is 2.11. The predicted molar refractivity (Wildman–Crippen MR) is 96.2 cm³/mol. The highest BCUT2D eigenvalue weighted by Crippen LogP contribution is 2.05. The number of hydrogen-bond donors (Lipinski definition) is 1. The first-order chi connectivity index (χ1) is 12.1. The zero-order valence-corrected chi connectivity index (χ0v) is 14.1. The molecule has 0 saturated carbocycles. The molecule has 0 saturated heterocycles. The third-order valence-electron chi connectivity index (χ3n) is 4.04. The number of aryl methyl sites for hydroxylation is 1. The third-order valence-corrected chi connectivity index (χ3v) is 4.04. The van der Waals surface area contributed by atoms with E-state index < -0.39 is 0 Å². The van der Waals surface area contributed by atoms with E-state index in [2.05, 4.69) is 27.8 Å². The van der Waals surface area contributed by atoms with Crippen molar-refractivity contribution in [3.05, 3.63) is 70.5 Å². The highest BCUT2D eigenvalue weighted by atomic mass is 16.2. The fourth-order valence-corrected chi connectivity index (χ4v) is 2.68. The lowest BCUT2D eigenvalue weighted by atomic mass is 10.1. The summed E-state index contributed by atoms with van der Waals surface area (Å²) < 4.78 is 1.10. The van der Waals surface area contributed by atoms with Gasteiger partial charge in [0.05, 0.1) is 5.39 Å². The molecule has 128 valence electrons. The van der Waals surface area contributed by atoms with Gasteiger partial charge in [0.2, 0.25) is 5.91 Å². The van der Waals surface area contributed by atoms with Gasteiger partial charge in [-0.3, -0.25) is 9.59 Å². The van der Waals surface area contributed by atoms with Crippen molar-refractivity contribution in [3.63, 3.8) is 0 Å². The van der Waals surface area contributed by atoms with Crippen molar-refractivity contribution in [2.45, 2.75) is 32.4 Å². The molecule has 6 heteroatoms. The summed E-state index contributed by atoms with van der Waals surface area (Å²) in [6, 6.07) is 17.1. The number of carbonyl (C=O) groups is 1. The summed E-state index contributed by atoms with van der Waals surface area (Å²) in [6.45, 7) is 1.82. The molecule has 0 aliphatic rings. The molecule has 1 heterocycles. The van der Waals surface area contributed by atoms with Crippen molar-refractivity contribution in [3.8, 4) is 0 Å². The molecular weight excluding hydrogens is 316 g/mol. The largest absolute Gasteiger partial charge is 0.352 e. The van der Waals surface area contributed by atoms with Gasteiger partial charge in [-0.05, 0) is 37.5 Å². The second-order valence-corrected chi connectivity index (χ2v) is 6.06. The lowest BCUT2D eigenvalue weighted by Gasteiger charge is -2.14. The van der Waals surface area contributed by atoms with E-state index in [4.69, 9.17) is 0 Å². The van der Waals surface area contributed by atoms with E-state index >= 15 is 0 Å². The van der Waals surface area contributed by atoms with Gasteiger partial charge in [0.15, 0.2) is 0 Å². The van der Waals surface area contributed by atoms with Gasteiger partial charge in [-0.2, -0.15) is 0 Å². The van der Waals surface area contributed by atoms with Crippen molar-refractivity contribution in [1.29, 1.82) is 0 Å². The SMILES string of the molecule is C[C@H](CCc1ccccc1)NC(=O)Cn1nnc2ccccc2c1=O. The number of benzene rings is 2. The van der Waals surface area contributed by atoms with E-state index in [1.807, 2.05) is 25.1 Å². The number of nitrogens with one attached hydrogen (secondary N) is 1. The highest BCUT2D eigenvalue weighted by molar-refractivity contribution is 5.78. The van der Waals surface area contributed by atoms with Crippen molar-refractivity contribution >= 4 is 16.8 Å². The first-order valence-electron chi connectivity index (χ1n) is 8.29. The smallest absolute Gasteiger partial charge is 0.278 e. The van der Waals surface area contributed by atoms with Crippen LogP contribution in [0.4, 0.5) is 0 Å². The number of hydrogen-bond acceptors (Lipinski definition) is 4. The Balaban J connectivity index is 1.59. The summed E-state index contributed by atoms with van der Waals surface area (Å²) in [5.74, 6) is -0.243. The summed E-state index contributed by atoms with van der Waals surface area (Å²) in [5.41, 5.74) is 1.46. The summed E-state index contributed by atoms with van der Waals surface area (Å²) in [4.78, 5) is 24.5. The molecule has 3 aromatic rings. The van der Waals surface area contributed by atoms with E-state index in [-0.39, 0.29) is 24.1 Å². The quantitative estimate of drug-likeness (QED) is 0.746. The summed E-state index contributed by atoms with van der Waals surface area (Å²) in [5, 5.41) is 11.2. The number of fused-ring (bicyclic) bond motifs is 1. The van der Waals surface area contributed by atoms with Crippen LogP contribution in [0.15, 0.2) is 59.4 Å². The zero-order valence-electron chi connectivity index (χ0n) is 14.1. The van der Waals surface area contributed by atoms with Crippen LogP contribution in [0, 0.1) is 0 Å². The number of carbonyl (C=O) groups excluding carboxylic acids is 1. The molecule has 1 atom stereocenters. The molecule has 0 bridgehead atoms. The van der Waals surface area contributed by atoms with Crippen LogP contribution in [0.2, 0.25) is 0 Å². The van der Waals surface area contributed by atoms with Crippen LogP contribution >= 0.6 is 0 Å². The molecule has 0 aliphatic heterocycles. The molecule has 3 rings (SSSR count). The Labute approximate surface area is 145 Å². The molecular formula is C19H20N4O2. The van der Waals surface area contributed by atoms with E-state index in [1.165, 1.54) is 5.56 Å². The average molecular weight is 336 g/mol. The van der Waals surface area contributed by atoms with Crippen molar-refractivity contribution < 1.29 is 4.79 Å². The summed E-state index contributed by atoms with van der Waals surface area (Å²) >= 11 is 0. The monoisotopic (exact) mass is 336 g/mol. The van der Waals surface area contributed by atoms with Crippen LogP contribution in [-0.4, -0.2) is 26.9 Å². The Hall–Kier alpha value is -3.02. The molecule has 25 heavy (non-hydrogen) atoms. The van der Waals surface area contributed by atoms with Gasteiger partial charge in [0, 0.05) is 6.04 Å². The second kappa shape index (κ2) is 7.70. The minimum Gasteiger partial charge on any atom is -0.352 e. The van der Waals surface area contributed by atoms with E-state index in [0.29, 0.717) is 10.9 Å². The summed E-state index contributed by atoms with van der Waals surface area (Å²) in [7, 11) is 0. The fraction of sp³-hybridized carbons (Fsp3) is 0.263. The molecule has 1 N–H and O–H groups in total. The minimum atomic E-state index is -0.308. The maximum Gasteiger partial charge on any atom is 0.278 e. The third kappa shape index (κ3) is 4.29. The van der Waals surface area contributed by atoms with Crippen LogP contribution in [0.3, 0.4) is 0 Å². The van der Waals surface area contributed by atoms with Crippen molar-refractivity contribution in [1.82, 2.24) is 20.3 Å². The van der Waals surface area contributed by atoms with Gasteiger partial charge in [0.1, 0.15) is 12.1 Å². The Morgan fingerprint density at radius 3 is 2.64 bits per heavy atom. The van der Waals surface area contributed by atoms with Gasteiger partial charge in [-0.15, -0.1) is 5.10 Å². The Morgan fingerprint density at radius 2 is 1.84 bits per heavy atom. The molecule has 6 nitrogen and oxygen atoms in total. The van der Waals surface area contributed by atoms with E-state index in [1.54, 1.807) is 24.3 Å². The van der Waals surface area contributed by atoms with E-state index in [0.717, 1.165) is 17.5 Å². The fourth-order valence-electron chi connectivity index (χ4n) is 2.68. The maximum absolute atomic E-state index is 12.3. The second-order valence-electron chi connectivity index (χ2n) is 6.06.